The van der Waals surface area contributed by atoms with Gasteiger partial charge in [0.05, 0.1) is 11.0 Å². The lowest BCUT2D eigenvalue weighted by atomic mass is 9.93. The van der Waals surface area contributed by atoms with Crippen LogP contribution in [-0.2, 0) is 0 Å². The molecule has 0 N–H and O–H groups in total. The summed E-state index contributed by atoms with van der Waals surface area (Å²) < 4.78 is 2.39. The molecule has 0 saturated carbocycles. The molecule has 1 aliphatic heterocycles. The van der Waals surface area contributed by atoms with Gasteiger partial charge in [-0.15, -0.1) is 0 Å². The lowest BCUT2D eigenvalue weighted by molar-refractivity contribution is 1.18. The fourth-order valence-corrected chi connectivity index (χ4v) is 8.50. The van der Waals surface area contributed by atoms with Crippen LogP contribution in [0, 0.1) is 0 Å². The van der Waals surface area contributed by atoms with Crippen LogP contribution < -0.4 is 0 Å². The highest BCUT2D eigenvalue weighted by Gasteiger charge is 2.20. The van der Waals surface area contributed by atoms with E-state index in [0.717, 1.165) is 0 Å². The van der Waals surface area contributed by atoms with Crippen LogP contribution in [0.15, 0.2) is 174 Å². The molecule has 0 aliphatic carbocycles. The topological polar surface area (TPSA) is 4.93 Å². The molecule has 0 fully saturated rings. The van der Waals surface area contributed by atoms with E-state index in [1.165, 1.54) is 92.2 Å². The summed E-state index contributed by atoms with van der Waals surface area (Å²) in [5.74, 6) is 0. The number of fused-ring (bicyclic) bond motifs is 6. The van der Waals surface area contributed by atoms with Crippen molar-refractivity contribution >= 4 is 55.1 Å². The van der Waals surface area contributed by atoms with Crippen molar-refractivity contribution in [1.82, 2.24) is 4.57 Å². The zero-order valence-electron chi connectivity index (χ0n) is 24.9. The molecular formula is C44H27NS. The van der Waals surface area contributed by atoms with Crippen molar-refractivity contribution in [1.29, 1.82) is 0 Å². The second kappa shape index (κ2) is 9.97. The van der Waals surface area contributed by atoms with Crippen molar-refractivity contribution in [2.45, 2.75) is 9.79 Å². The van der Waals surface area contributed by atoms with E-state index in [1.807, 2.05) is 11.8 Å². The first kappa shape index (κ1) is 25.7. The molecule has 10 rings (SSSR count). The van der Waals surface area contributed by atoms with Crippen LogP contribution in [0.4, 0.5) is 0 Å². The molecule has 0 bridgehead atoms. The first-order chi connectivity index (χ1) is 22.8. The summed E-state index contributed by atoms with van der Waals surface area (Å²) in [6, 6.07) is 60.3. The molecule has 1 aliphatic rings. The zero-order chi connectivity index (χ0) is 30.2. The average molecular weight is 602 g/mol. The molecule has 1 aromatic heterocycles. The summed E-state index contributed by atoms with van der Waals surface area (Å²) in [7, 11) is 0. The second-order valence-corrected chi connectivity index (χ2v) is 13.3. The van der Waals surface area contributed by atoms with Crippen LogP contribution in [-0.4, -0.2) is 4.57 Å². The predicted molar refractivity (Wildman–Crippen MR) is 196 cm³/mol. The van der Waals surface area contributed by atoms with Crippen LogP contribution >= 0.6 is 11.8 Å². The number of rotatable bonds is 3. The standard InChI is InChI=1S/C44H27NS/c1-2-13-35(14-3-1)45-40-17-5-4-15-36(40)38-26-34-24-31(19-20-33(34)27-41(38)45)29-11-6-12-30(23-29)32-21-22-42-39(25-32)37-16-7-9-28-10-8-18-43(46-42)44(28)37/h1-27H. The van der Waals surface area contributed by atoms with Crippen molar-refractivity contribution < 1.29 is 0 Å². The first-order valence-electron chi connectivity index (χ1n) is 15.8. The number of aromatic nitrogens is 1. The third-order valence-electron chi connectivity index (χ3n) is 9.53. The minimum absolute atomic E-state index is 1.18. The lowest BCUT2D eigenvalue weighted by Crippen LogP contribution is -1.93. The Bertz CT molecular complexity index is 2660. The first-order valence-corrected chi connectivity index (χ1v) is 16.6. The Morgan fingerprint density at radius 3 is 2.00 bits per heavy atom. The third kappa shape index (κ3) is 3.90. The van der Waals surface area contributed by atoms with Gasteiger partial charge in [0.2, 0.25) is 0 Å². The summed E-state index contributed by atoms with van der Waals surface area (Å²) in [4.78, 5) is 2.66. The molecule has 2 heterocycles. The molecule has 0 amide bonds. The maximum atomic E-state index is 2.39. The Morgan fingerprint density at radius 1 is 0.370 bits per heavy atom. The molecule has 0 unspecified atom stereocenters. The predicted octanol–water partition coefficient (Wildman–Crippen LogP) is 12.6. The van der Waals surface area contributed by atoms with Crippen LogP contribution in [0.5, 0.6) is 0 Å². The van der Waals surface area contributed by atoms with E-state index in [1.54, 1.807) is 0 Å². The molecule has 0 spiro atoms. The fourth-order valence-electron chi connectivity index (χ4n) is 7.37. The number of benzene rings is 8. The van der Waals surface area contributed by atoms with E-state index in [9.17, 15) is 0 Å². The molecular weight excluding hydrogens is 575 g/mol. The SMILES string of the molecule is c1ccc(-n2c3ccccc3c3cc4cc(-c5cccc(-c6ccc7c(c6)-c6cccc8cccc(c68)S7)c5)ccc4cc32)cc1. The molecule has 1 nitrogen and oxygen atoms in total. The molecule has 46 heavy (non-hydrogen) atoms. The number of hydrogen-bond acceptors (Lipinski definition) is 1. The smallest absolute Gasteiger partial charge is 0.0547 e. The Kier molecular flexibility index (Phi) is 5.58. The average Bonchev–Trinajstić information content (AvgIpc) is 3.44. The number of hydrogen-bond donors (Lipinski definition) is 0. The van der Waals surface area contributed by atoms with E-state index in [4.69, 9.17) is 0 Å². The van der Waals surface area contributed by atoms with Gasteiger partial charge in [-0.05, 0) is 110 Å². The number of nitrogens with zero attached hydrogens (tertiary/aromatic N) is 1. The van der Waals surface area contributed by atoms with Gasteiger partial charge in [-0.25, -0.2) is 0 Å². The monoisotopic (exact) mass is 601 g/mol. The van der Waals surface area contributed by atoms with Gasteiger partial charge in [0.1, 0.15) is 0 Å². The Morgan fingerprint density at radius 2 is 1.11 bits per heavy atom. The van der Waals surface area contributed by atoms with Crippen LogP contribution in [0.1, 0.15) is 0 Å². The summed E-state index contributed by atoms with van der Waals surface area (Å²) in [6.07, 6.45) is 0. The maximum Gasteiger partial charge on any atom is 0.0547 e. The van der Waals surface area contributed by atoms with E-state index >= 15 is 0 Å². The molecule has 214 valence electrons. The zero-order valence-corrected chi connectivity index (χ0v) is 25.8. The molecule has 2 heteroatoms. The van der Waals surface area contributed by atoms with Gasteiger partial charge in [-0.2, -0.15) is 0 Å². The lowest BCUT2D eigenvalue weighted by Gasteiger charge is -2.21. The highest BCUT2D eigenvalue weighted by Crippen LogP contribution is 2.49. The normalized spacial score (nSPS) is 12.3. The molecule has 9 aromatic rings. The molecule has 0 atom stereocenters. The highest BCUT2D eigenvalue weighted by atomic mass is 32.2. The van der Waals surface area contributed by atoms with Gasteiger partial charge < -0.3 is 4.57 Å². The number of para-hydroxylation sites is 2. The van der Waals surface area contributed by atoms with E-state index in [2.05, 4.69) is 168 Å². The molecule has 0 saturated heterocycles. The Hall–Kier alpha value is -5.57. The largest absolute Gasteiger partial charge is 0.309 e. The van der Waals surface area contributed by atoms with Crippen molar-refractivity contribution in [3.05, 3.63) is 164 Å². The van der Waals surface area contributed by atoms with Crippen LogP contribution in [0.3, 0.4) is 0 Å². The van der Waals surface area contributed by atoms with Crippen LogP contribution in [0.25, 0.3) is 82.4 Å². The Balaban J connectivity index is 1.08. The van der Waals surface area contributed by atoms with Gasteiger partial charge in [0.25, 0.3) is 0 Å². The summed E-state index contributed by atoms with van der Waals surface area (Å²) in [5.41, 5.74) is 11.2. The molecule has 0 radical (unpaired) electrons. The van der Waals surface area contributed by atoms with Gasteiger partial charge in [0.15, 0.2) is 0 Å². The fraction of sp³-hybridized carbons (Fsp3) is 0. The minimum atomic E-state index is 1.18. The van der Waals surface area contributed by atoms with E-state index in [-0.39, 0.29) is 0 Å². The minimum Gasteiger partial charge on any atom is -0.309 e. The second-order valence-electron chi connectivity index (χ2n) is 12.2. The van der Waals surface area contributed by atoms with Gasteiger partial charge in [0, 0.05) is 31.6 Å². The van der Waals surface area contributed by atoms with Gasteiger partial charge in [-0.3, -0.25) is 0 Å². The van der Waals surface area contributed by atoms with E-state index < -0.39 is 0 Å². The summed E-state index contributed by atoms with van der Waals surface area (Å²) >= 11 is 1.88. The quantitative estimate of drug-likeness (QED) is 0.195. The van der Waals surface area contributed by atoms with Crippen molar-refractivity contribution in [3.63, 3.8) is 0 Å². The van der Waals surface area contributed by atoms with Crippen LogP contribution in [0.2, 0.25) is 0 Å². The molecule has 8 aromatic carbocycles. The third-order valence-corrected chi connectivity index (χ3v) is 10.7. The van der Waals surface area contributed by atoms with Crippen molar-refractivity contribution in [2.24, 2.45) is 0 Å². The highest BCUT2D eigenvalue weighted by molar-refractivity contribution is 7.99. The Labute approximate surface area is 271 Å². The summed E-state index contributed by atoms with van der Waals surface area (Å²) in [6.45, 7) is 0. The van der Waals surface area contributed by atoms with Crippen molar-refractivity contribution in [2.75, 3.05) is 0 Å². The van der Waals surface area contributed by atoms with Gasteiger partial charge >= 0.3 is 0 Å². The summed E-state index contributed by atoms with van der Waals surface area (Å²) in [5, 5.41) is 7.73. The maximum absolute atomic E-state index is 2.39. The van der Waals surface area contributed by atoms with Crippen molar-refractivity contribution in [3.8, 4) is 39.1 Å². The van der Waals surface area contributed by atoms with E-state index in [0.29, 0.717) is 0 Å². The van der Waals surface area contributed by atoms with Gasteiger partial charge in [-0.1, -0.05) is 115 Å².